The Labute approximate surface area is 186 Å². The summed E-state index contributed by atoms with van der Waals surface area (Å²) in [7, 11) is 4.09. The lowest BCUT2D eigenvalue weighted by Gasteiger charge is -2.25. The highest BCUT2D eigenvalue weighted by atomic mass is 127. The monoisotopic (exact) mass is 496 g/mol. The zero-order chi connectivity index (χ0) is 19.9. The predicted molar refractivity (Wildman–Crippen MR) is 130 cm³/mol. The Balaban J connectivity index is 0.00000392. The number of aliphatic imine (C=N–C) groups is 1. The minimum Gasteiger partial charge on any atom is -0.384 e. The van der Waals surface area contributed by atoms with Crippen LogP contribution >= 0.6 is 24.0 Å². The highest BCUT2D eigenvalue weighted by Crippen LogP contribution is 2.21. The van der Waals surface area contributed by atoms with Crippen LogP contribution in [0.1, 0.15) is 30.5 Å². The van der Waals surface area contributed by atoms with Crippen LogP contribution in [0.2, 0.25) is 0 Å². The third-order valence-corrected chi connectivity index (χ3v) is 4.47. The average molecular weight is 496 g/mol. The average Bonchev–Trinajstić information content (AvgIpc) is 2.65. The van der Waals surface area contributed by atoms with Crippen molar-refractivity contribution in [3.8, 4) is 0 Å². The van der Waals surface area contributed by atoms with E-state index in [0.717, 1.165) is 17.7 Å². The van der Waals surface area contributed by atoms with Crippen molar-refractivity contribution in [1.29, 1.82) is 0 Å². The lowest BCUT2D eigenvalue weighted by Crippen LogP contribution is -2.44. The van der Waals surface area contributed by atoms with Crippen LogP contribution in [0, 0.1) is 6.92 Å². The van der Waals surface area contributed by atoms with Crippen molar-refractivity contribution in [3.63, 3.8) is 0 Å². The number of hydrogen-bond donors (Lipinski definition) is 3. The molecule has 3 N–H and O–H groups in total. The molecule has 28 heavy (non-hydrogen) atoms. The molecule has 0 saturated carbocycles. The number of guanidine groups is 1. The Bertz CT molecular complexity index is 760. The third kappa shape index (κ3) is 6.98. The number of anilines is 1. The summed E-state index contributed by atoms with van der Waals surface area (Å²) in [6, 6.07) is 16.1. The standard InChI is InChI=1S/C22H32N4O.HI/c1-6-23-21(25-16-22(3,27)19-10-8-7-9-11-19)24-15-18-13-12-17(2)14-20(18)26(4)5;/h7-14,27H,6,15-16H2,1-5H3,(H2,23,24,25);1H. The maximum absolute atomic E-state index is 10.8. The first-order valence-corrected chi connectivity index (χ1v) is 9.40. The van der Waals surface area contributed by atoms with Gasteiger partial charge in [-0.2, -0.15) is 0 Å². The van der Waals surface area contributed by atoms with Gasteiger partial charge < -0.3 is 20.6 Å². The molecule has 0 spiro atoms. The minimum absolute atomic E-state index is 0. The van der Waals surface area contributed by atoms with Crippen molar-refractivity contribution in [3.05, 3.63) is 65.2 Å². The van der Waals surface area contributed by atoms with Gasteiger partial charge in [-0.1, -0.05) is 42.5 Å². The van der Waals surface area contributed by atoms with E-state index in [1.165, 1.54) is 11.3 Å². The summed E-state index contributed by atoms with van der Waals surface area (Å²) >= 11 is 0. The van der Waals surface area contributed by atoms with Crippen LogP contribution in [-0.4, -0.2) is 38.3 Å². The van der Waals surface area contributed by atoms with Gasteiger partial charge in [-0.25, -0.2) is 4.99 Å². The molecule has 0 amide bonds. The molecule has 0 fully saturated rings. The summed E-state index contributed by atoms with van der Waals surface area (Å²) in [6.45, 7) is 7.63. The third-order valence-electron chi connectivity index (χ3n) is 4.47. The van der Waals surface area contributed by atoms with Gasteiger partial charge in [0, 0.05) is 26.3 Å². The first-order valence-electron chi connectivity index (χ1n) is 9.40. The van der Waals surface area contributed by atoms with Gasteiger partial charge in [0.1, 0.15) is 5.60 Å². The SMILES string of the molecule is CCNC(=NCc1ccc(C)cc1N(C)C)NCC(C)(O)c1ccccc1.I. The smallest absolute Gasteiger partial charge is 0.191 e. The van der Waals surface area contributed by atoms with Crippen LogP contribution in [0.5, 0.6) is 0 Å². The van der Waals surface area contributed by atoms with Gasteiger partial charge in [-0.05, 0) is 43.5 Å². The maximum Gasteiger partial charge on any atom is 0.191 e. The number of hydrogen-bond acceptors (Lipinski definition) is 3. The second-order valence-corrected chi connectivity index (χ2v) is 7.22. The first kappa shape index (κ1) is 24.2. The fourth-order valence-corrected chi connectivity index (χ4v) is 2.88. The molecule has 2 rings (SSSR count). The Morgan fingerprint density at radius 1 is 1.11 bits per heavy atom. The summed E-state index contributed by atoms with van der Waals surface area (Å²) in [5.41, 5.74) is 3.47. The van der Waals surface area contributed by atoms with Gasteiger partial charge in [0.2, 0.25) is 0 Å². The number of rotatable bonds is 7. The summed E-state index contributed by atoms with van der Waals surface area (Å²) < 4.78 is 0. The summed E-state index contributed by atoms with van der Waals surface area (Å²) in [6.07, 6.45) is 0. The van der Waals surface area contributed by atoms with E-state index in [0.29, 0.717) is 19.0 Å². The van der Waals surface area contributed by atoms with Crippen LogP contribution < -0.4 is 15.5 Å². The van der Waals surface area contributed by atoms with E-state index in [-0.39, 0.29) is 24.0 Å². The van der Waals surface area contributed by atoms with E-state index in [9.17, 15) is 5.11 Å². The molecule has 2 aromatic rings. The molecule has 5 nitrogen and oxygen atoms in total. The molecular formula is C22H33IN4O. The van der Waals surface area contributed by atoms with E-state index in [2.05, 4.69) is 40.7 Å². The maximum atomic E-state index is 10.8. The van der Waals surface area contributed by atoms with E-state index >= 15 is 0 Å². The number of aryl methyl sites for hydroxylation is 1. The normalized spacial score (nSPS) is 13.3. The first-order chi connectivity index (χ1) is 12.8. The van der Waals surface area contributed by atoms with Crippen molar-refractivity contribution >= 4 is 35.6 Å². The molecule has 1 unspecified atom stereocenters. The highest BCUT2D eigenvalue weighted by Gasteiger charge is 2.22. The lowest BCUT2D eigenvalue weighted by molar-refractivity contribution is 0.0617. The number of nitrogens with zero attached hydrogens (tertiary/aromatic N) is 2. The predicted octanol–water partition coefficient (Wildman–Crippen LogP) is 3.64. The molecule has 2 aromatic carbocycles. The fraction of sp³-hybridized carbons (Fsp3) is 0.409. The molecule has 0 bridgehead atoms. The van der Waals surface area contributed by atoms with Crippen molar-refractivity contribution in [2.24, 2.45) is 4.99 Å². The van der Waals surface area contributed by atoms with Gasteiger partial charge in [-0.3, -0.25) is 0 Å². The quantitative estimate of drug-likeness (QED) is 0.311. The van der Waals surface area contributed by atoms with Crippen LogP contribution in [0.3, 0.4) is 0 Å². The van der Waals surface area contributed by atoms with Gasteiger partial charge in [0.15, 0.2) is 5.96 Å². The molecule has 1 atom stereocenters. The second-order valence-electron chi connectivity index (χ2n) is 7.22. The van der Waals surface area contributed by atoms with E-state index < -0.39 is 5.60 Å². The largest absolute Gasteiger partial charge is 0.384 e. The van der Waals surface area contributed by atoms with Gasteiger partial charge in [0.05, 0.1) is 13.1 Å². The van der Waals surface area contributed by atoms with Crippen LogP contribution in [-0.2, 0) is 12.1 Å². The second kappa shape index (κ2) is 11.3. The molecule has 0 saturated heterocycles. The van der Waals surface area contributed by atoms with Crippen LogP contribution in [0.25, 0.3) is 0 Å². The number of nitrogens with one attached hydrogen (secondary N) is 2. The summed E-state index contributed by atoms with van der Waals surface area (Å²) in [4.78, 5) is 6.82. The van der Waals surface area contributed by atoms with Crippen LogP contribution in [0.15, 0.2) is 53.5 Å². The Morgan fingerprint density at radius 2 is 1.79 bits per heavy atom. The molecule has 154 valence electrons. The number of aliphatic hydroxyl groups is 1. The highest BCUT2D eigenvalue weighted by molar-refractivity contribution is 14.0. The van der Waals surface area contributed by atoms with Crippen molar-refractivity contribution in [2.45, 2.75) is 32.9 Å². The number of benzene rings is 2. The molecule has 0 aromatic heterocycles. The Morgan fingerprint density at radius 3 is 2.39 bits per heavy atom. The van der Waals surface area contributed by atoms with Crippen molar-refractivity contribution in [1.82, 2.24) is 10.6 Å². The zero-order valence-electron chi connectivity index (χ0n) is 17.5. The Hall–Kier alpha value is -1.80. The Kier molecular flexibility index (Phi) is 9.75. The van der Waals surface area contributed by atoms with E-state index in [4.69, 9.17) is 4.99 Å². The molecule has 6 heteroatoms. The number of halogens is 1. The fourth-order valence-electron chi connectivity index (χ4n) is 2.88. The van der Waals surface area contributed by atoms with Gasteiger partial charge in [-0.15, -0.1) is 24.0 Å². The van der Waals surface area contributed by atoms with Gasteiger partial charge >= 0.3 is 0 Å². The van der Waals surface area contributed by atoms with Crippen LogP contribution in [0.4, 0.5) is 5.69 Å². The molecule has 0 aliphatic carbocycles. The van der Waals surface area contributed by atoms with Crippen molar-refractivity contribution < 1.29 is 5.11 Å². The van der Waals surface area contributed by atoms with E-state index in [1.807, 2.05) is 58.3 Å². The summed E-state index contributed by atoms with van der Waals surface area (Å²) in [5, 5.41) is 17.3. The topological polar surface area (TPSA) is 59.9 Å². The summed E-state index contributed by atoms with van der Waals surface area (Å²) in [5.74, 6) is 0.694. The van der Waals surface area contributed by atoms with Crippen molar-refractivity contribution in [2.75, 3.05) is 32.1 Å². The zero-order valence-corrected chi connectivity index (χ0v) is 19.8. The molecule has 0 heterocycles. The molecular weight excluding hydrogens is 463 g/mol. The lowest BCUT2D eigenvalue weighted by atomic mass is 9.96. The molecule has 0 aliphatic heterocycles. The molecule has 0 radical (unpaired) electrons. The van der Waals surface area contributed by atoms with Gasteiger partial charge in [0.25, 0.3) is 0 Å². The molecule has 0 aliphatic rings. The minimum atomic E-state index is -0.976. The van der Waals surface area contributed by atoms with E-state index in [1.54, 1.807) is 0 Å².